The molecule has 0 spiro atoms. The van der Waals surface area contributed by atoms with E-state index in [2.05, 4.69) is 6.07 Å². The Morgan fingerprint density at radius 3 is 2.29 bits per heavy atom. The lowest BCUT2D eigenvalue weighted by molar-refractivity contribution is -0.126. The van der Waals surface area contributed by atoms with Gasteiger partial charge in [-0.2, -0.15) is 5.26 Å². The number of carbonyl (C=O) groups is 1. The van der Waals surface area contributed by atoms with Gasteiger partial charge in [-0.25, -0.2) is 0 Å². The van der Waals surface area contributed by atoms with Gasteiger partial charge in [0.05, 0.1) is 6.07 Å². The van der Waals surface area contributed by atoms with Crippen LogP contribution in [0.25, 0.3) is 0 Å². The predicted octanol–water partition coefficient (Wildman–Crippen LogP) is 2.40. The highest BCUT2D eigenvalue weighted by Crippen LogP contribution is 2.55. The number of hydrogen-bond donors (Lipinski definition) is 0. The molecule has 14 heavy (non-hydrogen) atoms. The number of hydrogen-bond acceptors (Lipinski definition) is 2. The van der Waals surface area contributed by atoms with Gasteiger partial charge < -0.3 is 0 Å². The van der Waals surface area contributed by atoms with Crippen molar-refractivity contribution in [1.29, 1.82) is 5.26 Å². The maximum atomic E-state index is 12.0. The third kappa shape index (κ3) is 1.56. The topological polar surface area (TPSA) is 40.9 Å². The molecule has 2 nitrogen and oxygen atoms in total. The molecule has 2 heteroatoms. The van der Waals surface area contributed by atoms with Crippen LogP contribution in [0.5, 0.6) is 0 Å². The number of fused-ring (bicyclic) bond motifs is 1. The van der Waals surface area contributed by atoms with E-state index in [0.717, 1.165) is 24.7 Å². The maximum absolute atomic E-state index is 12.0. The van der Waals surface area contributed by atoms with Crippen LogP contribution in [0.4, 0.5) is 0 Å². The Morgan fingerprint density at radius 1 is 1.29 bits per heavy atom. The number of nitriles is 1. The highest BCUT2D eigenvalue weighted by molar-refractivity contribution is 5.86. The van der Waals surface area contributed by atoms with Crippen molar-refractivity contribution in [1.82, 2.24) is 0 Å². The van der Waals surface area contributed by atoms with Crippen molar-refractivity contribution in [3.05, 3.63) is 0 Å². The molecule has 2 rings (SSSR count). The fourth-order valence-corrected chi connectivity index (χ4v) is 2.74. The molecule has 0 heterocycles. The minimum Gasteiger partial charge on any atom is -0.298 e. The molecule has 3 atom stereocenters. The first-order chi connectivity index (χ1) is 6.63. The summed E-state index contributed by atoms with van der Waals surface area (Å²) in [4.78, 5) is 12.0. The van der Waals surface area contributed by atoms with E-state index < -0.39 is 0 Å². The average molecular weight is 191 g/mol. The molecular formula is C12H17NO. The van der Waals surface area contributed by atoms with Crippen LogP contribution in [-0.2, 0) is 4.79 Å². The Hall–Kier alpha value is -0.840. The summed E-state index contributed by atoms with van der Waals surface area (Å²) < 4.78 is 0. The van der Waals surface area contributed by atoms with Crippen LogP contribution in [0.15, 0.2) is 0 Å². The third-order valence-electron chi connectivity index (χ3n) is 3.76. The van der Waals surface area contributed by atoms with Gasteiger partial charge in [-0.05, 0) is 37.0 Å². The summed E-state index contributed by atoms with van der Waals surface area (Å²) in [5.41, 5.74) is 0. The Bertz CT molecular complexity index is 279. The molecule has 2 aliphatic carbocycles. The zero-order chi connectivity index (χ0) is 10.3. The first kappa shape index (κ1) is 9.71. The first-order valence-electron chi connectivity index (χ1n) is 5.56. The standard InChI is InChI=1S/C12H17NO/c1-7(2)11(6-13)12(14)10-4-8-3-9(8)5-10/h7-11H,3-5H2,1-2H3. The van der Waals surface area contributed by atoms with Crippen molar-refractivity contribution in [2.24, 2.45) is 29.6 Å². The summed E-state index contributed by atoms with van der Waals surface area (Å²) in [5, 5.41) is 8.93. The summed E-state index contributed by atoms with van der Waals surface area (Å²) >= 11 is 0. The number of nitrogens with zero attached hydrogens (tertiary/aromatic N) is 1. The molecule has 0 bridgehead atoms. The smallest absolute Gasteiger partial charge is 0.153 e. The lowest BCUT2D eigenvalue weighted by atomic mass is 9.84. The molecule has 0 aromatic carbocycles. The predicted molar refractivity (Wildman–Crippen MR) is 53.3 cm³/mol. The number of ketones is 1. The second kappa shape index (κ2) is 3.38. The Balaban J connectivity index is 1.97. The van der Waals surface area contributed by atoms with E-state index in [9.17, 15) is 4.79 Å². The monoisotopic (exact) mass is 191 g/mol. The van der Waals surface area contributed by atoms with Crippen LogP contribution in [-0.4, -0.2) is 5.78 Å². The number of Topliss-reactive ketones (excluding diaryl/α,β-unsaturated/α-hetero) is 1. The zero-order valence-corrected chi connectivity index (χ0v) is 8.86. The summed E-state index contributed by atoms with van der Waals surface area (Å²) in [7, 11) is 0. The maximum Gasteiger partial charge on any atom is 0.153 e. The fraction of sp³-hybridized carbons (Fsp3) is 0.833. The zero-order valence-electron chi connectivity index (χ0n) is 8.86. The van der Waals surface area contributed by atoms with Gasteiger partial charge in [0.25, 0.3) is 0 Å². The Kier molecular flexibility index (Phi) is 2.34. The molecule has 0 amide bonds. The van der Waals surface area contributed by atoms with E-state index >= 15 is 0 Å². The van der Waals surface area contributed by atoms with Crippen LogP contribution in [0.1, 0.15) is 33.1 Å². The van der Waals surface area contributed by atoms with E-state index in [4.69, 9.17) is 5.26 Å². The molecule has 0 radical (unpaired) electrons. The quantitative estimate of drug-likeness (QED) is 0.687. The molecule has 0 saturated heterocycles. The summed E-state index contributed by atoms with van der Waals surface area (Å²) in [6.07, 6.45) is 3.46. The van der Waals surface area contributed by atoms with Gasteiger partial charge in [0.1, 0.15) is 5.92 Å². The molecule has 0 aromatic rings. The second-order valence-corrected chi connectivity index (χ2v) is 5.18. The largest absolute Gasteiger partial charge is 0.298 e. The van der Waals surface area contributed by atoms with E-state index in [-0.39, 0.29) is 23.5 Å². The second-order valence-electron chi connectivity index (χ2n) is 5.18. The molecule has 76 valence electrons. The van der Waals surface area contributed by atoms with Crippen LogP contribution in [0.3, 0.4) is 0 Å². The molecular weight excluding hydrogens is 174 g/mol. The molecule has 2 saturated carbocycles. The first-order valence-corrected chi connectivity index (χ1v) is 5.56. The highest BCUT2D eigenvalue weighted by Gasteiger charge is 2.49. The van der Waals surface area contributed by atoms with Crippen molar-refractivity contribution in [3.8, 4) is 6.07 Å². The molecule has 3 unspecified atom stereocenters. The minimum atomic E-state index is -0.363. The van der Waals surface area contributed by atoms with E-state index in [1.54, 1.807) is 0 Å². The normalized spacial score (nSPS) is 36.3. The van der Waals surface area contributed by atoms with Crippen LogP contribution < -0.4 is 0 Å². The van der Waals surface area contributed by atoms with E-state index in [1.807, 2.05) is 13.8 Å². The summed E-state index contributed by atoms with van der Waals surface area (Å²) in [6, 6.07) is 2.16. The SMILES string of the molecule is CC(C)C(C#N)C(=O)C1CC2CC2C1. The number of rotatable bonds is 3. The van der Waals surface area contributed by atoms with Crippen molar-refractivity contribution in [2.75, 3.05) is 0 Å². The highest BCUT2D eigenvalue weighted by atomic mass is 16.1. The van der Waals surface area contributed by atoms with E-state index in [1.165, 1.54) is 6.42 Å². The Morgan fingerprint density at radius 2 is 1.86 bits per heavy atom. The fourth-order valence-electron chi connectivity index (χ4n) is 2.74. The van der Waals surface area contributed by atoms with Gasteiger partial charge in [0, 0.05) is 5.92 Å². The summed E-state index contributed by atoms with van der Waals surface area (Å²) in [5.74, 6) is 1.90. The third-order valence-corrected chi connectivity index (χ3v) is 3.76. The van der Waals surface area contributed by atoms with Crippen LogP contribution >= 0.6 is 0 Å². The van der Waals surface area contributed by atoms with E-state index in [0.29, 0.717) is 0 Å². The van der Waals surface area contributed by atoms with Crippen molar-refractivity contribution < 1.29 is 4.79 Å². The molecule has 0 N–H and O–H groups in total. The lowest BCUT2D eigenvalue weighted by Crippen LogP contribution is -2.25. The van der Waals surface area contributed by atoms with Crippen molar-refractivity contribution >= 4 is 5.78 Å². The molecule has 0 aliphatic heterocycles. The molecule has 2 fully saturated rings. The van der Waals surface area contributed by atoms with Gasteiger partial charge in [0.2, 0.25) is 0 Å². The minimum absolute atomic E-state index is 0.171. The van der Waals surface area contributed by atoms with Crippen LogP contribution in [0, 0.1) is 40.9 Å². The van der Waals surface area contributed by atoms with Crippen molar-refractivity contribution in [3.63, 3.8) is 0 Å². The average Bonchev–Trinajstić information content (AvgIpc) is 2.74. The summed E-state index contributed by atoms with van der Waals surface area (Å²) in [6.45, 7) is 3.92. The van der Waals surface area contributed by atoms with Gasteiger partial charge >= 0.3 is 0 Å². The van der Waals surface area contributed by atoms with Gasteiger partial charge in [-0.15, -0.1) is 0 Å². The molecule has 2 aliphatic rings. The van der Waals surface area contributed by atoms with Crippen LogP contribution in [0.2, 0.25) is 0 Å². The van der Waals surface area contributed by atoms with Gasteiger partial charge in [0.15, 0.2) is 5.78 Å². The van der Waals surface area contributed by atoms with Gasteiger partial charge in [-0.1, -0.05) is 13.8 Å². The van der Waals surface area contributed by atoms with Gasteiger partial charge in [-0.3, -0.25) is 4.79 Å². The Labute approximate surface area is 85.3 Å². The lowest BCUT2D eigenvalue weighted by Gasteiger charge is -2.17. The molecule has 0 aromatic heterocycles. The number of carbonyl (C=O) groups excluding carboxylic acids is 1. The van der Waals surface area contributed by atoms with Crippen molar-refractivity contribution in [2.45, 2.75) is 33.1 Å².